The number of anilines is 2. The quantitative estimate of drug-likeness (QED) is 0.887. The lowest BCUT2D eigenvalue weighted by molar-refractivity contribution is 0.348. The first-order valence-electron chi connectivity index (χ1n) is 8.27. The van der Waals surface area contributed by atoms with Crippen molar-refractivity contribution < 1.29 is 0 Å². The molecule has 0 aliphatic heterocycles. The van der Waals surface area contributed by atoms with Gasteiger partial charge in [-0.3, -0.25) is 0 Å². The average Bonchev–Trinajstić information content (AvgIpc) is 3.06. The van der Waals surface area contributed by atoms with E-state index in [4.69, 9.17) is 4.98 Å². The van der Waals surface area contributed by atoms with Gasteiger partial charge in [0, 0.05) is 25.1 Å². The minimum Gasteiger partial charge on any atom is -0.373 e. The summed E-state index contributed by atoms with van der Waals surface area (Å²) in [5.41, 5.74) is -0.0320. The average molecular weight is 288 g/mol. The van der Waals surface area contributed by atoms with Gasteiger partial charge in [-0.2, -0.15) is 0 Å². The highest BCUT2D eigenvalue weighted by Crippen LogP contribution is 2.48. The van der Waals surface area contributed by atoms with Crippen molar-refractivity contribution in [3.63, 3.8) is 0 Å². The van der Waals surface area contributed by atoms with E-state index in [-0.39, 0.29) is 5.41 Å². The Labute approximate surface area is 128 Å². The number of nitrogens with one attached hydrogen (secondary N) is 2. The third kappa shape index (κ3) is 3.14. The molecule has 116 valence electrons. The van der Waals surface area contributed by atoms with Gasteiger partial charge in [0.2, 0.25) is 0 Å². The van der Waals surface area contributed by atoms with Gasteiger partial charge in [-0.25, -0.2) is 9.97 Å². The predicted molar refractivity (Wildman–Crippen MR) is 87.7 cm³/mol. The van der Waals surface area contributed by atoms with Gasteiger partial charge in [0.05, 0.1) is 0 Å². The molecule has 0 radical (unpaired) electrons. The van der Waals surface area contributed by atoms with Gasteiger partial charge in [-0.15, -0.1) is 0 Å². The van der Waals surface area contributed by atoms with Crippen molar-refractivity contribution in [2.24, 2.45) is 17.8 Å². The lowest BCUT2D eigenvalue weighted by atomic mass is 9.89. The molecule has 2 aliphatic carbocycles. The fourth-order valence-corrected chi connectivity index (χ4v) is 3.86. The third-order valence-electron chi connectivity index (χ3n) is 5.08. The molecule has 4 heteroatoms. The van der Waals surface area contributed by atoms with Gasteiger partial charge in [0.25, 0.3) is 0 Å². The zero-order valence-corrected chi connectivity index (χ0v) is 13.7. The van der Waals surface area contributed by atoms with Gasteiger partial charge in [-0.05, 0) is 37.0 Å². The van der Waals surface area contributed by atoms with Gasteiger partial charge in [-0.1, -0.05) is 27.2 Å². The van der Waals surface area contributed by atoms with Crippen LogP contribution < -0.4 is 10.6 Å². The zero-order valence-electron chi connectivity index (χ0n) is 13.7. The predicted octanol–water partition coefficient (Wildman–Crippen LogP) is 3.66. The lowest BCUT2D eigenvalue weighted by Gasteiger charge is -2.23. The second kappa shape index (κ2) is 5.47. The summed E-state index contributed by atoms with van der Waals surface area (Å²) in [7, 11) is 1.91. The summed E-state index contributed by atoms with van der Waals surface area (Å²) in [6, 6.07) is 2.02. The Kier molecular flexibility index (Phi) is 3.80. The Bertz CT molecular complexity index is 506. The molecular weight excluding hydrogens is 260 g/mol. The summed E-state index contributed by atoms with van der Waals surface area (Å²) in [6.07, 6.45) is 5.78. The number of rotatable bonds is 4. The van der Waals surface area contributed by atoms with Crippen LogP contribution in [0.4, 0.5) is 11.6 Å². The van der Waals surface area contributed by atoms with Gasteiger partial charge < -0.3 is 10.6 Å². The van der Waals surface area contributed by atoms with Crippen LogP contribution in [0.25, 0.3) is 0 Å². The van der Waals surface area contributed by atoms with Crippen molar-refractivity contribution >= 4 is 11.6 Å². The third-order valence-corrected chi connectivity index (χ3v) is 5.08. The molecule has 0 aromatic carbocycles. The Morgan fingerprint density at radius 3 is 2.48 bits per heavy atom. The Morgan fingerprint density at radius 1 is 1.14 bits per heavy atom. The highest BCUT2D eigenvalue weighted by Gasteiger charge is 2.39. The molecule has 3 unspecified atom stereocenters. The van der Waals surface area contributed by atoms with Crippen LogP contribution in [0.2, 0.25) is 0 Å². The second-order valence-electron chi connectivity index (χ2n) is 7.78. The smallest absolute Gasteiger partial charge is 0.138 e. The van der Waals surface area contributed by atoms with E-state index in [0.717, 1.165) is 41.8 Å². The Balaban J connectivity index is 1.69. The molecule has 4 nitrogen and oxygen atoms in total. The van der Waals surface area contributed by atoms with Crippen molar-refractivity contribution in [1.29, 1.82) is 0 Å². The molecule has 1 aromatic heterocycles. The maximum Gasteiger partial charge on any atom is 0.138 e. The summed E-state index contributed by atoms with van der Waals surface area (Å²) in [6.45, 7) is 7.52. The van der Waals surface area contributed by atoms with E-state index in [1.54, 1.807) is 0 Å². The van der Waals surface area contributed by atoms with Crippen molar-refractivity contribution in [1.82, 2.24) is 9.97 Å². The van der Waals surface area contributed by atoms with E-state index in [9.17, 15) is 0 Å². The standard InChI is InChI=1S/C17H28N4/c1-17(2,3)16-20-14(18-4)9-15(21-16)19-10-13-8-11-5-6-12(13)7-11/h9,11-13H,5-8,10H2,1-4H3,(H2,18,19,20,21). The molecule has 0 saturated heterocycles. The molecule has 2 saturated carbocycles. The molecule has 2 fully saturated rings. The zero-order chi connectivity index (χ0) is 15.0. The van der Waals surface area contributed by atoms with Crippen molar-refractivity contribution in [3.05, 3.63) is 11.9 Å². The van der Waals surface area contributed by atoms with Crippen LogP contribution in [0.3, 0.4) is 0 Å². The Morgan fingerprint density at radius 2 is 1.90 bits per heavy atom. The van der Waals surface area contributed by atoms with Crippen molar-refractivity contribution in [3.8, 4) is 0 Å². The van der Waals surface area contributed by atoms with Crippen LogP contribution in [0, 0.1) is 17.8 Å². The monoisotopic (exact) mass is 288 g/mol. The van der Waals surface area contributed by atoms with E-state index >= 15 is 0 Å². The highest BCUT2D eigenvalue weighted by atomic mass is 15.1. The summed E-state index contributed by atoms with van der Waals surface area (Å²) in [5, 5.41) is 6.71. The first kappa shape index (κ1) is 14.6. The molecule has 1 aromatic rings. The SMILES string of the molecule is CNc1cc(NCC2CC3CCC2C3)nc(C(C)(C)C)n1. The molecule has 3 atom stereocenters. The topological polar surface area (TPSA) is 49.8 Å². The number of fused-ring (bicyclic) bond motifs is 2. The highest BCUT2D eigenvalue weighted by molar-refractivity contribution is 5.47. The van der Waals surface area contributed by atoms with Crippen LogP contribution in [0.15, 0.2) is 6.07 Å². The second-order valence-corrected chi connectivity index (χ2v) is 7.78. The lowest BCUT2D eigenvalue weighted by Crippen LogP contribution is -2.22. The number of hydrogen-bond donors (Lipinski definition) is 2. The van der Waals surface area contributed by atoms with Crippen molar-refractivity contribution in [2.45, 2.75) is 51.9 Å². The number of aromatic nitrogens is 2. The maximum atomic E-state index is 4.71. The molecular formula is C17H28N4. The first-order valence-corrected chi connectivity index (χ1v) is 8.27. The molecule has 2 N–H and O–H groups in total. The normalized spacial score (nSPS) is 27.9. The summed E-state index contributed by atoms with van der Waals surface area (Å²) in [4.78, 5) is 9.29. The van der Waals surface area contributed by atoms with Crippen molar-refractivity contribution in [2.75, 3.05) is 24.2 Å². The van der Waals surface area contributed by atoms with E-state index in [1.165, 1.54) is 25.7 Å². The molecule has 0 amide bonds. The number of hydrogen-bond acceptors (Lipinski definition) is 4. The molecule has 1 heterocycles. The summed E-state index contributed by atoms with van der Waals surface area (Å²) >= 11 is 0. The van der Waals surface area contributed by atoms with Crippen LogP contribution in [0.5, 0.6) is 0 Å². The van der Waals surface area contributed by atoms with Gasteiger partial charge in [0.1, 0.15) is 17.5 Å². The maximum absolute atomic E-state index is 4.71. The van der Waals surface area contributed by atoms with Crippen LogP contribution in [0.1, 0.15) is 52.3 Å². The fraction of sp³-hybridized carbons (Fsp3) is 0.765. The molecule has 2 aliphatic rings. The Hall–Kier alpha value is -1.32. The molecule has 2 bridgehead atoms. The van der Waals surface area contributed by atoms with Gasteiger partial charge >= 0.3 is 0 Å². The van der Waals surface area contributed by atoms with E-state index in [1.807, 2.05) is 13.1 Å². The molecule has 0 spiro atoms. The van der Waals surface area contributed by atoms with E-state index in [0.29, 0.717) is 0 Å². The molecule has 3 rings (SSSR count). The summed E-state index contributed by atoms with van der Waals surface area (Å²) in [5.74, 6) is 5.55. The van der Waals surface area contributed by atoms with Crippen LogP contribution >= 0.6 is 0 Å². The van der Waals surface area contributed by atoms with Gasteiger partial charge in [0.15, 0.2) is 0 Å². The van der Waals surface area contributed by atoms with Crippen LogP contribution in [-0.2, 0) is 5.41 Å². The minimum absolute atomic E-state index is 0.0320. The summed E-state index contributed by atoms with van der Waals surface area (Å²) < 4.78 is 0. The first-order chi connectivity index (χ1) is 9.95. The van der Waals surface area contributed by atoms with E-state index in [2.05, 4.69) is 36.4 Å². The molecule has 21 heavy (non-hydrogen) atoms. The number of nitrogens with zero attached hydrogens (tertiary/aromatic N) is 2. The largest absolute Gasteiger partial charge is 0.373 e. The minimum atomic E-state index is -0.0320. The van der Waals surface area contributed by atoms with Crippen LogP contribution in [-0.4, -0.2) is 23.6 Å². The van der Waals surface area contributed by atoms with E-state index < -0.39 is 0 Å². The fourth-order valence-electron chi connectivity index (χ4n) is 3.86.